The Hall–Kier alpha value is -0.540. The summed E-state index contributed by atoms with van der Waals surface area (Å²) in [5.74, 6) is 0. The third kappa shape index (κ3) is 3.46. The molecular weight excluding hydrogens is 276 g/mol. The van der Waals surface area contributed by atoms with Gasteiger partial charge >= 0.3 is 0 Å². The molecule has 1 heterocycles. The number of halogens is 1. The Balaban J connectivity index is 2.12. The van der Waals surface area contributed by atoms with Gasteiger partial charge in [-0.15, -0.1) is 0 Å². The summed E-state index contributed by atoms with van der Waals surface area (Å²) < 4.78 is 1.18. The van der Waals surface area contributed by atoms with Crippen LogP contribution in [0.15, 0.2) is 22.7 Å². The van der Waals surface area contributed by atoms with Gasteiger partial charge in [0.15, 0.2) is 0 Å². The molecule has 0 atom stereocenters. The number of hydrogen-bond donors (Lipinski definition) is 1. The van der Waals surface area contributed by atoms with Crippen molar-refractivity contribution in [2.75, 3.05) is 24.5 Å². The summed E-state index contributed by atoms with van der Waals surface area (Å²) in [4.78, 5) is 2.51. The molecule has 3 heteroatoms. The van der Waals surface area contributed by atoms with Gasteiger partial charge < -0.3 is 10.2 Å². The Morgan fingerprint density at radius 1 is 1.29 bits per heavy atom. The smallest absolute Gasteiger partial charge is 0.0423 e. The van der Waals surface area contributed by atoms with Crippen LogP contribution in [-0.2, 0) is 6.54 Å². The highest BCUT2D eigenvalue weighted by Gasteiger charge is 2.15. The molecule has 2 rings (SSSR count). The maximum Gasteiger partial charge on any atom is 0.0423 e. The summed E-state index contributed by atoms with van der Waals surface area (Å²) >= 11 is 3.58. The minimum Gasteiger partial charge on any atom is -0.371 e. The van der Waals surface area contributed by atoms with E-state index in [1.54, 1.807) is 0 Å². The standard InChI is InChI=1S/C14H21BrN2/c1-2-7-16-11-12-5-6-13(15)10-14(12)17-8-3-4-9-17/h5-6,10,16H,2-4,7-9,11H2,1H3. The van der Waals surface area contributed by atoms with E-state index in [0.717, 1.165) is 13.1 Å². The summed E-state index contributed by atoms with van der Waals surface area (Å²) in [5, 5.41) is 3.49. The van der Waals surface area contributed by atoms with E-state index in [0.29, 0.717) is 0 Å². The van der Waals surface area contributed by atoms with E-state index in [1.807, 2.05) is 0 Å². The van der Waals surface area contributed by atoms with Crippen LogP contribution >= 0.6 is 15.9 Å². The Morgan fingerprint density at radius 2 is 2.06 bits per heavy atom. The lowest BCUT2D eigenvalue weighted by Crippen LogP contribution is -2.22. The average molecular weight is 297 g/mol. The minimum atomic E-state index is 0.979. The van der Waals surface area contributed by atoms with Gasteiger partial charge in [0.05, 0.1) is 0 Å². The summed E-state index contributed by atoms with van der Waals surface area (Å²) in [5.41, 5.74) is 2.82. The minimum absolute atomic E-state index is 0.979. The molecule has 0 bridgehead atoms. The van der Waals surface area contributed by atoms with Crippen molar-refractivity contribution in [3.05, 3.63) is 28.2 Å². The van der Waals surface area contributed by atoms with Crippen LogP contribution in [-0.4, -0.2) is 19.6 Å². The van der Waals surface area contributed by atoms with Gasteiger partial charge in [-0.05, 0) is 43.5 Å². The number of benzene rings is 1. The quantitative estimate of drug-likeness (QED) is 0.836. The zero-order chi connectivity index (χ0) is 12.1. The molecule has 0 unspecified atom stereocenters. The van der Waals surface area contributed by atoms with Crippen LogP contribution in [0.2, 0.25) is 0 Å². The van der Waals surface area contributed by atoms with Gasteiger partial charge in [-0.1, -0.05) is 28.9 Å². The average Bonchev–Trinajstić information content (AvgIpc) is 2.85. The van der Waals surface area contributed by atoms with E-state index >= 15 is 0 Å². The highest BCUT2D eigenvalue weighted by atomic mass is 79.9. The number of rotatable bonds is 5. The van der Waals surface area contributed by atoms with E-state index in [2.05, 4.69) is 51.3 Å². The zero-order valence-electron chi connectivity index (χ0n) is 10.5. The van der Waals surface area contributed by atoms with Crippen LogP contribution in [0, 0.1) is 0 Å². The molecule has 0 radical (unpaired) electrons. The van der Waals surface area contributed by atoms with E-state index in [9.17, 15) is 0 Å². The van der Waals surface area contributed by atoms with E-state index in [4.69, 9.17) is 0 Å². The van der Waals surface area contributed by atoms with Crippen molar-refractivity contribution in [2.45, 2.75) is 32.7 Å². The Labute approximate surface area is 113 Å². The molecule has 94 valence electrons. The first kappa shape index (κ1) is 12.9. The summed E-state index contributed by atoms with van der Waals surface area (Å²) in [6, 6.07) is 6.64. The largest absolute Gasteiger partial charge is 0.371 e. The van der Waals surface area contributed by atoms with Crippen LogP contribution in [0.3, 0.4) is 0 Å². The Kier molecular flexibility index (Phi) is 4.86. The topological polar surface area (TPSA) is 15.3 Å². The van der Waals surface area contributed by atoms with Gasteiger partial charge in [-0.25, -0.2) is 0 Å². The molecular formula is C14H21BrN2. The molecule has 1 fully saturated rings. The third-order valence-electron chi connectivity index (χ3n) is 3.24. The van der Waals surface area contributed by atoms with Crippen molar-refractivity contribution in [1.82, 2.24) is 5.32 Å². The lowest BCUT2D eigenvalue weighted by atomic mass is 10.1. The molecule has 1 aromatic rings. The number of nitrogens with one attached hydrogen (secondary N) is 1. The van der Waals surface area contributed by atoms with Gasteiger partial charge in [-0.2, -0.15) is 0 Å². The van der Waals surface area contributed by atoms with Gasteiger partial charge in [-0.3, -0.25) is 0 Å². The fourth-order valence-corrected chi connectivity index (χ4v) is 2.69. The van der Waals surface area contributed by atoms with E-state index < -0.39 is 0 Å². The zero-order valence-corrected chi connectivity index (χ0v) is 12.1. The fraction of sp³-hybridized carbons (Fsp3) is 0.571. The van der Waals surface area contributed by atoms with Gasteiger partial charge in [0, 0.05) is 29.8 Å². The third-order valence-corrected chi connectivity index (χ3v) is 3.73. The summed E-state index contributed by atoms with van der Waals surface area (Å²) in [6.07, 6.45) is 3.85. The molecule has 1 saturated heterocycles. The van der Waals surface area contributed by atoms with Crippen molar-refractivity contribution in [3.63, 3.8) is 0 Å². The monoisotopic (exact) mass is 296 g/mol. The number of anilines is 1. The predicted octanol–water partition coefficient (Wildman–Crippen LogP) is 3.55. The Bertz CT molecular complexity index is 359. The van der Waals surface area contributed by atoms with Crippen molar-refractivity contribution in [1.29, 1.82) is 0 Å². The summed E-state index contributed by atoms with van der Waals surface area (Å²) in [6.45, 7) is 6.69. The predicted molar refractivity (Wildman–Crippen MR) is 77.6 cm³/mol. The van der Waals surface area contributed by atoms with Gasteiger partial charge in [0.25, 0.3) is 0 Å². The second kappa shape index (κ2) is 6.41. The first-order valence-corrected chi connectivity index (χ1v) is 7.34. The van der Waals surface area contributed by atoms with Crippen LogP contribution in [0.1, 0.15) is 31.7 Å². The lowest BCUT2D eigenvalue weighted by Gasteiger charge is -2.22. The van der Waals surface area contributed by atoms with Gasteiger partial charge in [0.1, 0.15) is 0 Å². The Morgan fingerprint density at radius 3 is 2.76 bits per heavy atom. The number of hydrogen-bond acceptors (Lipinski definition) is 2. The van der Waals surface area contributed by atoms with Gasteiger partial charge in [0.2, 0.25) is 0 Å². The molecule has 1 N–H and O–H groups in total. The molecule has 0 aromatic heterocycles. The molecule has 1 aromatic carbocycles. The maximum atomic E-state index is 3.58. The van der Waals surface area contributed by atoms with Crippen LogP contribution in [0.5, 0.6) is 0 Å². The maximum absolute atomic E-state index is 3.58. The lowest BCUT2D eigenvalue weighted by molar-refractivity contribution is 0.674. The second-order valence-corrected chi connectivity index (χ2v) is 5.56. The highest BCUT2D eigenvalue weighted by molar-refractivity contribution is 9.10. The van der Waals surface area contributed by atoms with Crippen LogP contribution in [0.4, 0.5) is 5.69 Å². The molecule has 0 amide bonds. The van der Waals surface area contributed by atoms with Crippen molar-refractivity contribution < 1.29 is 0 Å². The second-order valence-electron chi connectivity index (χ2n) is 4.64. The molecule has 1 aliphatic heterocycles. The van der Waals surface area contributed by atoms with Crippen LogP contribution < -0.4 is 10.2 Å². The molecule has 0 spiro atoms. The molecule has 2 nitrogen and oxygen atoms in total. The molecule has 1 aliphatic rings. The van der Waals surface area contributed by atoms with E-state index in [-0.39, 0.29) is 0 Å². The van der Waals surface area contributed by atoms with Crippen LogP contribution in [0.25, 0.3) is 0 Å². The first-order valence-electron chi connectivity index (χ1n) is 6.55. The number of nitrogens with zero attached hydrogens (tertiary/aromatic N) is 1. The normalized spacial score (nSPS) is 15.5. The molecule has 17 heavy (non-hydrogen) atoms. The summed E-state index contributed by atoms with van der Waals surface area (Å²) in [7, 11) is 0. The highest BCUT2D eigenvalue weighted by Crippen LogP contribution is 2.28. The first-order chi connectivity index (χ1) is 8.31. The molecule has 0 aliphatic carbocycles. The molecule has 0 saturated carbocycles. The fourth-order valence-electron chi connectivity index (χ4n) is 2.34. The van der Waals surface area contributed by atoms with Crippen molar-refractivity contribution >= 4 is 21.6 Å². The van der Waals surface area contributed by atoms with E-state index in [1.165, 1.54) is 48.1 Å². The van der Waals surface area contributed by atoms with Crippen molar-refractivity contribution in [3.8, 4) is 0 Å². The van der Waals surface area contributed by atoms with Crippen molar-refractivity contribution in [2.24, 2.45) is 0 Å². The SMILES string of the molecule is CCCNCc1ccc(Br)cc1N1CCCC1.